The molecule has 0 aliphatic carbocycles. The number of alkyl carbamates (subject to hydrolysis) is 1. The monoisotopic (exact) mass is 205 g/mol. The highest BCUT2D eigenvalue weighted by molar-refractivity contribution is 5.68. The lowest BCUT2D eigenvalue weighted by Crippen LogP contribution is -2.43. The maximum atomic E-state index is 11.1. The molecular formula is C9H23N3O2. The first-order valence-corrected chi connectivity index (χ1v) is 4.45. The van der Waals surface area contributed by atoms with Gasteiger partial charge in [0.25, 0.3) is 0 Å². The van der Waals surface area contributed by atoms with Crippen LogP contribution < -0.4 is 17.0 Å². The van der Waals surface area contributed by atoms with Crippen molar-refractivity contribution in [2.24, 2.45) is 11.7 Å². The molecule has 0 aromatic heterocycles. The summed E-state index contributed by atoms with van der Waals surface area (Å²) in [5.74, 6) is 8.00. The molecule has 0 radical (unpaired) electrons. The van der Waals surface area contributed by atoms with E-state index in [1.165, 1.54) is 0 Å². The molecule has 0 atom stereocenters. The summed E-state index contributed by atoms with van der Waals surface area (Å²) in [6, 6.07) is 0. The van der Waals surface area contributed by atoms with Crippen molar-refractivity contribution in [3.63, 3.8) is 0 Å². The van der Waals surface area contributed by atoms with Gasteiger partial charge in [-0.25, -0.2) is 4.79 Å². The number of nitrogens with one attached hydrogen (secondary N) is 1. The first-order valence-electron chi connectivity index (χ1n) is 4.45. The van der Waals surface area contributed by atoms with Crippen LogP contribution in [0.3, 0.4) is 0 Å². The molecule has 5 N–H and O–H groups in total. The highest BCUT2D eigenvalue weighted by Gasteiger charge is 2.20. The number of hydrazine groups is 1. The van der Waals surface area contributed by atoms with Crippen LogP contribution in [0.4, 0.5) is 4.79 Å². The summed E-state index contributed by atoms with van der Waals surface area (Å²) in [6.45, 7) is 11.3. The fourth-order valence-electron chi connectivity index (χ4n) is 0.610. The molecular weight excluding hydrogens is 182 g/mol. The van der Waals surface area contributed by atoms with Gasteiger partial charge in [-0.05, 0) is 41.5 Å². The van der Waals surface area contributed by atoms with E-state index < -0.39 is 5.60 Å². The predicted molar refractivity (Wildman–Crippen MR) is 57.5 cm³/mol. The second-order valence-corrected chi connectivity index (χ2v) is 4.88. The fraction of sp³-hybridized carbons (Fsp3) is 0.889. The maximum Gasteiger partial charge on any atom is 0.408 e. The van der Waals surface area contributed by atoms with Crippen molar-refractivity contribution < 1.29 is 9.53 Å². The van der Waals surface area contributed by atoms with Gasteiger partial charge in [-0.15, -0.1) is 0 Å². The van der Waals surface area contributed by atoms with Gasteiger partial charge in [0.15, 0.2) is 0 Å². The van der Waals surface area contributed by atoms with Gasteiger partial charge < -0.3 is 10.1 Å². The summed E-state index contributed by atoms with van der Waals surface area (Å²) in [4.78, 5) is 11.1. The van der Waals surface area contributed by atoms with E-state index in [4.69, 9.17) is 4.74 Å². The standard InChI is InChI=1S/C9H19NO2.H4N2/c1-8(2,3)10-7(11)12-9(4,5)6;1-2/h1-6H3,(H,10,11);1-2H2. The first-order chi connectivity index (χ1) is 6.10. The number of hydrogen-bond acceptors (Lipinski definition) is 4. The van der Waals surface area contributed by atoms with Crippen LogP contribution in [0.15, 0.2) is 0 Å². The first kappa shape index (κ1) is 15.7. The third-order valence-electron chi connectivity index (χ3n) is 0.876. The van der Waals surface area contributed by atoms with Crippen molar-refractivity contribution in [3.05, 3.63) is 0 Å². The molecule has 0 saturated carbocycles. The van der Waals surface area contributed by atoms with E-state index in [1.54, 1.807) is 0 Å². The largest absolute Gasteiger partial charge is 0.444 e. The molecule has 0 aromatic rings. The zero-order valence-electron chi connectivity index (χ0n) is 9.97. The lowest BCUT2D eigenvalue weighted by Gasteiger charge is -2.25. The summed E-state index contributed by atoms with van der Waals surface area (Å²) in [5.41, 5.74) is -0.655. The molecule has 14 heavy (non-hydrogen) atoms. The number of nitrogens with two attached hydrogens (primary N) is 2. The minimum Gasteiger partial charge on any atom is -0.444 e. The van der Waals surface area contributed by atoms with Gasteiger partial charge in [0.05, 0.1) is 0 Å². The smallest absolute Gasteiger partial charge is 0.408 e. The maximum absolute atomic E-state index is 11.1. The van der Waals surface area contributed by atoms with Crippen LogP contribution in [0.25, 0.3) is 0 Å². The zero-order chi connectivity index (χ0) is 12.0. The van der Waals surface area contributed by atoms with Crippen molar-refractivity contribution in [3.8, 4) is 0 Å². The molecule has 0 aliphatic heterocycles. The van der Waals surface area contributed by atoms with Gasteiger partial charge in [0.2, 0.25) is 0 Å². The number of carbonyl (C=O) groups excluding carboxylic acids is 1. The number of rotatable bonds is 0. The molecule has 0 fully saturated rings. The zero-order valence-corrected chi connectivity index (χ0v) is 9.97. The van der Waals surface area contributed by atoms with Gasteiger partial charge in [-0.2, -0.15) is 0 Å². The molecule has 0 heterocycles. The van der Waals surface area contributed by atoms with Gasteiger partial charge in [0.1, 0.15) is 5.60 Å². The lowest BCUT2D eigenvalue weighted by molar-refractivity contribution is 0.0480. The van der Waals surface area contributed by atoms with E-state index in [9.17, 15) is 4.79 Å². The van der Waals surface area contributed by atoms with Gasteiger partial charge in [0, 0.05) is 5.54 Å². The highest BCUT2D eigenvalue weighted by atomic mass is 16.6. The van der Waals surface area contributed by atoms with E-state index in [1.807, 2.05) is 41.5 Å². The molecule has 0 unspecified atom stereocenters. The Balaban J connectivity index is 0. The highest BCUT2D eigenvalue weighted by Crippen LogP contribution is 2.08. The lowest BCUT2D eigenvalue weighted by atomic mass is 10.1. The molecule has 1 amide bonds. The normalized spacial score (nSPS) is 11.1. The topological polar surface area (TPSA) is 90.4 Å². The van der Waals surface area contributed by atoms with Crippen molar-refractivity contribution >= 4 is 6.09 Å². The predicted octanol–water partition coefficient (Wildman–Crippen LogP) is 1.13. The second-order valence-electron chi connectivity index (χ2n) is 4.88. The fourth-order valence-corrected chi connectivity index (χ4v) is 0.610. The Kier molecular flexibility index (Phi) is 6.51. The molecule has 0 saturated heterocycles. The van der Waals surface area contributed by atoms with E-state index in [2.05, 4.69) is 17.0 Å². The number of carbonyl (C=O) groups is 1. The Hall–Kier alpha value is -0.810. The van der Waals surface area contributed by atoms with Crippen LogP contribution in [-0.4, -0.2) is 17.2 Å². The second kappa shape index (κ2) is 5.82. The summed E-state index contributed by atoms with van der Waals surface area (Å²) in [6.07, 6.45) is -0.366. The molecule has 0 aliphatic rings. The summed E-state index contributed by atoms with van der Waals surface area (Å²) in [7, 11) is 0. The Labute approximate surface area is 86.1 Å². The Morgan fingerprint density at radius 3 is 1.64 bits per heavy atom. The van der Waals surface area contributed by atoms with Crippen molar-refractivity contribution in [2.45, 2.75) is 52.7 Å². The Morgan fingerprint density at radius 2 is 1.43 bits per heavy atom. The van der Waals surface area contributed by atoms with E-state index in [0.29, 0.717) is 0 Å². The number of hydrogen-bond donors (Lipinski definition) is 3. The minimum atomic E-state index is -0.421. The molecule has 5 nitrogen and oxygen atoms in total. The van der Waals surface area contributed by atoms with Crippen LogP contribution in [0, 0.1) is 0 Å². The van der Waals surface area contributed by atoms with Crippen molar-refractivity contribution in [1.82, 2.24) is 5.32 Å². The average molecular weight is 205 g/mol. The van der Waals surface area contributed by atoms with Crippen LogP contribution in [0.1, 0.15) is 41.5 Å². The summed E-state index contributed by atoms with van der Waals surface area (Å²) in [5, 5.41) is 2.71. The minimum absolute atomic E-state index is 0.234. The van der Waals surface area contributed by atoms with E-state index in [0.717, 1.165) is 0 Å². The molecule has 0 rings (SSSR count). The van der Waals surface area contributed by atoms with Crippen LogP contribution >= 0.6 is 0 Å². The third kappa shape index (κ3) is 13.8. The Bertz CT molecular complexity index is 150. The summed E-state index contributed by atoms with van der Waals surface area (Å²) >= 11 is 0. The SMILES string of the molecule is CC(C)(C)NC(=O)OC(C)(C)C.NN. The van der Waals surface area contributed by atoms with Crippen LogP contribution in [-0.2, 0) is 4.74 Å². The number of ether oxygens (including phenoxy) is 1. The quantitative estimate of drug-likeness (QED) is 0.408. The van der Waals surface area contributed by atoms with Crippen molar-refractivity contribution in [1.29, 1.82) is 0 Å². The van der Waals surface area contributed by atoms with Crippen LogP contribution in [0.5, 0.6) is 0 Å². The number of amides is 1. The van der Waals surface area contributed by atoms with Gasteiger partial charge in [-0.1, -0.05) is 0 Å². The average Bonchev–Trinajstić information content (AvgIpc) is 1.82. The molecule has 0 spiro atoms. The molecule has 86 valence electrons. The molecule has 0 bridgehead atoms. The summed E-state index contributed by atoms with van der Waals surface area (Å²) < 4.78 is 5.06. The van der Waals surface area contributed by atoms with E-state index >= 15 is 0 Å². The third-order valence-corrected chi connectivity index (χ3v) is 0.876. The van der Waals surface area contributed by atoms with E-state index in [-0.39, 0.29) is 11.6 Å². The molecule has 0 aromatic carbocycles. The molecule has 5 heteroatoms. The van der Waals surface area contributed by atoms with Gasteiger partial charge in [-0.3, -0.25) is 11.7 Å². The van der Waals surface area contributed by atoms with Crippen LogP contribution in [0.2, 0.25) is 0 Å². The Morgan fingerprint density at radius 1 is 1.07 bits per heavy atom. The van der Waals surface area contributed by atoms with Crippen molar-refractivity contribution in [2.75, 3.05) is 0 Å². The van der Waals surface area contributed by atoms with Gasteiger partial charge >= 0.3 is 6.09 Å².